The minimum absolute atomic E-state index is 0.432. The fourth-order valence-electron chi connectivity index (χ4n) is 2.18. The third-order valence-corrected chi connectivity index (χ3v) is 3.00. The molecule has 2 nitrogen and oxygen atoms in total. The number of allylic oxidation sites excluding steroid dienone is 1. The SMILES string of the molecule is COc1ccc2c(/C(C)=C\C(C)O)cccc2c1. The molecule has 94 valence electrons. The smallest absolute Gasteiger partial charge is 0.119 e. The summed E-state index contributed by atoms with van der Waals surface area (Å²) in [6.45, 7) is 3.78. The second kappa shape index (κ2) is 5.23. The molecule has 0 bridgehead atoms. The quantitative estimate of drug-likeness (QED) is 0.890. The topological polar surface area (TPSA) is 29.5 Å². The molecule has 0 fully saturated rings. The fraction of sp³-hybridized carbons (Fsp3) is 0.250. The van der Waals surface area contributed by atoms with Crippen molar-refractivity contribution in [2.24, 2.45) is 0 Å². The Morgan fingerprint density at radius 2 is 2.06 bits per heavy atom. The summed E-state index contributed by atoms with van der Waals surface area (Å²) in [6, 6.07) is 12.2. The van der Waals surface area contributed by atoms with Crippen LogP contribution in [0.25, 0.3) is 16.3 Å². The number of ether oxygens (including phenoxy) is 1. The van der Waals surface area contributed by atoms with Crippen LogP contribution in [0.15, 0.2) is 42.5 Å². The van der Waals surface area contributed by atoms with E-state index in [2.05, 4.69) is 18.2 Å². The van der Waals surface area contributed by atoms with Crippen molar-refractivity contribution in [3.05, 3.63) is 48.0 Å². The molecule has 0 saturated carbocycles. The Kier molecular flexibility index (Phi) is 3.68. The molecule has 0 saturated heterocycles. The average molecular weight is 242 g/mol. The Morgan fingerprint density at radius 1 is 1.28 bits per heavy atom. The van der Waals surface area contributed by atoms with E-state index in [0.29, 0.717) is 0 Å². The van der Waals surface area contributed by atoms with Crippen LogP contribution in [0.5, 0.6) is 5.75 Å². The maximum atomic E-state index is 9.44. The van der Waals surface area contributed by atoms with Crippen molar-refractivity contribution in [3.8, 4) is 5.75 Å². The van der Waals surface area contributed by atoms with Crippen LogP contribution in [0.3, 0.4) is 0 Å². The number of hydrogen-bond acceptors (Lipinski definition) is 2. The Labute approximate surface area is 108 Å². The van der Waals surface area contributed by atoms with Crippen LogP contribution in [-0.4, -0.2) is 18.3 Å². The summed E-state index contributed by atoms with van der Waals surface area (Å²) in [5, 5.41) is 11.8. The van der Waals surface area contributed by atoms with E-state index < -0.39 is 6.10 Å². The zero-order valence-corrected chi connectivity index (χ0v) is 11.0. The first-order valence-electron chi connectivity index (χ1n) is 6.05. The number of aliphatic hydroxyl groups is 1. The fourth-order valence-corrected chi connectivity index (χ4v) is 2.18. The monoisotopic (exact) mass is 242 g/mol. The van der Waals surface area contributed by atoms with Crippen LogP contribution in [0, 0.1) is 0 Å². The van der Waals surface area contributed by atoms with E-state index in [4.69, 9.17) is 4.74 Å². The van der Waals surface area contributed by atoms with E-state index in [1.54, 1.807) is 14.0 Å². The van der Waals surface area contributed by atoms with Crippen LogP contribution >= 0.6 is 0 Å². The van der Waals surface area contributed by atoms with Gasteiger partial charge in [-0.05, 0) is 47.9 Å². The molecule has 2 heteroatoms. The van der Waals surface area contributed by atoms with Gasteiger partial charge in [-0.1, -0.05) is 30.3 Å². The van der Waals surface area contributed by atoms with Crippen molar-refractivity contribution in [1.29, 1.82) is 0 Å². The average Bonchev–Trinajstić information content (AvgIpc) is 2.36. The van der Waals surface area contributed by atoms with E-state index in [0.717, 1.165) is 22.3 Å². The predicted octanol–water partition coefficient (Wildman–Crippen LogP) is 3.63. The molecular weight excluding hydrogens is 224 g/mol. The first-order chi connectivity index (χ1) is 8.61. The minimum Gasteiger partial charge on any atom is -0.497 e. The van der Waals surface area contributed by atoms with Gasteiger partial charge in [0, 0.05) is 0 Å². The van der Waals surface area contributed by atoms with Crippen LogP contribution in [0.1, 0.15) is 19.4 Å². The third-order valence-electron chi connectivity index (χ3n) is 3.00. The van der Waals surface area contributed by atoms with E-state index >= 15 is 0 Å². The molecule has 2 rings (SSSR count). The van der Waals surface area contributed by atoms with Crippen molar-refractivity contribution in [2.45, 2.75) is 20.0 Å². The second-order valence-electron chi connectivity index (χ2n) is 4.48. The number of benzene rings is 2. The molecule has 2 aromatic carbocycles. The van der Waals surface area contributed by atoms with E-state index in [9.17, 15) is 5.11 Å². The van der Waals surface area contributed by atoms with Gasteiger partial charge in [-0.25, -0.2) is 0 Å². The van der Waals surface area contributed by atoms with Gasteiger partial charge in [0.05, 0.1) is 13.2 Å². The summed E-state index contributed by atoms with van der Waals surface area (Å²) in [7, 11) is 1.67. The molecule has 0 aliphatic carbocycles. The third kappa shape index (κ3) is 2.54. The molecule has 0 spiro atoms. The van der Waals surface area contributed by atoms with E-state index in [1.807, 2.05) is 31.2 Å². The molecule has 0 amide bonds. The second-order valence-corrected chi connectivity index (χ2v) is 4.48. The van der Waals surface area contributed by atoms with Crippen molar-refractivity contribution in [1.82, 2.24) is 0 Å². The normalized spacial score (nSPS) is 13.7. The van der Waals surface area contributed by atoms with Gasteiger partial charge in [0.1, 0.15) is 5.75 Å². The number of methoxy groups -OCH3 is 1. The lowest BCUT2D eigenvalue weighted by Gasteiger charge is -2.09. The zero-order valence-electron chi connectivity index (χ0n) is 11.0. The van der Waals surface area contributed by atoms with Gasteiger partial charge in [-0.3, -0.25) is 0 Å². The maximum absolute atomic E-state index is 9.44. The van der Waals surface area contributed by atoms with Gasteiger partial charge in [-0.2, -0.15) is 0 Å². The standard InChI is InChI=1S/C16H18O2/c1-11(9-12(2)17)15-6-4-5-13-10-14(18-3)7-8-16(13)15/h4-10,12,17H,1-3H3/b11-9-. The van der Waals surface area contributed by atoms with Crippen LogP contribution in [0.4, 0.5) is 0 Å². The summed E-state index contributed by atoms with van der Waals surface area (Å²) < 4.78 is 5.23. The van der Waals surface area contributed by atoms with Crippen LogP contribution in [0.2, 0.25) is 0 Å². The lowest BCUT2D eigenvalue weighted by Crippen LogP contribution is -1.95. The first-order valence-corrected chi connectivity index (χ1v) is 6.05. The van der Waals surface area contributed by atoms with Gasteiger partial charge in [0.15, 0.2) is 0 Å². The highest BCUT2D eigenvalue weighted by Crippen LogP contribution is 2.28. The predicted molar refractivity (Wildman–Crippen MR) is 75.8 cm³/mol. The Balaban J connectivity index is 2.59. The molecule has 1 unspecified atom stereocenters. The minimum atomic E-state index is -0.432. The van der Waals surface area contributed by atoms with E-state index in [-0.39, 0.29) is 0 Å². The maximum Gasteiger partial charge on any atom is 0.119 e. The molecule has 0 aliphatic rings. The van der Waals surface area contributed by atoms with Gasteiger partial charge in [0.25, 0.3) is 0 Å². The highest BCUT2D eigenvalue weighted by Gasteiger charge is 2.04. The molecule has 0 aromatic heterocycles. The van der Waals surface area contributed by atoms with Crippen molar-refractivity contribution in [3.63, 3.8) is 0 Å². The summed E-state index contributed by atoms with van der Waals surface area (Å²) in [5.41, 5.74) is 2.23. The number of hydrogen-bond donors (Lipinski definition) is 1. The molecular formula is C16H18O2. The molecule has 2 aromatic rings. The molecule has 18 heavy (non-hydrogen) atoms. The number of rotatable bonds is 3. The summed E-state index contributed by atoms with van der Waals surface area (Å²) in [4.78, 5) is 0. The summed E-state index contributed by atoms with van der Waals surface area (Å²) in [6.07, 6.45) is 1.43. The Morgan fingerprint density at radius 3 is 2.72 bits per heavy atom. The van der Waals surface area contributed by atoms with Gasteiger partial charge in [-0.15, -0.1) is 0 Å². The number of aliphatic hydroxyl groups excluding tert-OH is 1. The molecule has 0 heterocycles. The lowest BCUT2D eigenvalue weighted by atomic mass is 9.98. The van der Waals surface area contributed by atoms with Crippen molar-refractivity contribution in [2.75, 3.05) is 7.11 Å². The van der Waals surface area contributed by atoms with Gasteiger partial charge < -0.3 is 9.84 Å². The summed E-state index contributed by atoms with van der Waals surface area (Å²) in [5.74, 6) is 0.858. The summed E-state index contributed by atoms with van der Waals surface area (Å²) >= 11 is 0. The van der Waals surface area contributed by atoms with Gasteiger partial charge in [0.2, 0.25) is 0 Å². The molecule has 1 atom stereocenters. The number of fused-ring (bicyclic) bond motifs is 1. The Bertz CT molecular complexity index is 583. The Hall–Kier alpha value is -1.80. The zero-order chi connectivity index (χ0) is 13.1. The van der Waals surface area contributed by atoms with Gasteiger partial charge >= 0.3 is 0 Å². The molecule has 0 aliphatic heterocycles. The highest BCUT2D eigenvalue weighted by atomic mass is 16.5. The van der Waals surface area contributed by atoms with Crippen LogP contribution < -0.4 is 4.74 Å². The van der Waals surface area contributed by atoms with Crippen molar-refractivity contribution < 1.29 is 9.84 Å². The molecule has 0 radical (unpaired) electrons. The molecule has 1 N–H and O–H groups in total. The van der Waals surface area contributed by atoms with Crippen LogP contribution in [-0.2, 0) is 0 Å². The van der Waals surface area contributed by atoms with E-state index in [1.165, 1.54) is 5.39 Å². The lowest BCUT2D eigenvalue weighted by molar-refractivity contribution is 0.244. The largest absolute Gasteiger partial charge is 0.497 e. The first kappa shape index (κ1) is 12.7. The highest BCUT2D eigenvalue weighted by molar-refractivity contribution is 5.94. The van der Waals surface area contributed by atoms with Crippen molar-refractivity contribution >= 4 is 16.3 Å².